The molecule has 0 spiro atoms. The first kappa shape index (κ1) is 16.3. The third-order valence-corrected chi connectivity index (χ3v) is 3.73. The number of alkyl halides is 1. The van der Waals surface area contributed by atoms with Gasteiger partial charge in [0.15, 0.2) is 0 Å². The molecule has 0 bridgehead atoms. The molecule has 0 unspecified atom stereocenters. The summed E-state index contributed by atoms with van der Waals surface area (Å²) in [6, 6.07) is 5.73. The van der Waals surface area contributed by atoms with Gasteiger partial charge in [0.2, 0.25) is 0 Å². The summed E-state index contributed by atoms with van der Waals surface area (Å²) in [6.45, 7) is 9.53. The minimum absolute atomic E-state index is 0.161. The molecule has 108 valence electrons. The van der Waals surface area contributed by atoms with Gasteiger partial charge in [0.05, 0.1) is 5.69 Å². The second-order valence-corrected chi connectivity index (χ2v) is 5.70. The normalized spacial score (nSPS) is 11.4. The molecule has 0 N–H and O–H groups in total. The summed E-state index contributed by atoms with van der Waals surface area (Å²) >= 11 is 5.75. The smallest absolute Gasteiger partial charge is 0.146 e. The van der Waals surface area contributed by atoms with E-state index in [1.165, 1.54) is 0 Å². The SMILES string of the molecule is CCC(CC)N(CC(C)C)c1ccc(CCl)cc1F. The van der Waals surface area contributed by atoms with Crippen molar-refractivity contribution in [3.8, 4) is 0 Å². The molecule has 0 saturated heterocycles. The molecular weight excluding hydrogens is 261 g/mol. The Morgan fingerprint density at radius 1 is 1.21 bits per heavy atom. The average molecular weight is 286 g/mol. The summed E-state index contributed by atoms with van der Waals surface area (Å²) in [5.74, 6) is 0.699. The van der Waals surface area contributed by atoms with Crippen molar-refractivity contribution in [1.82, 2.24) is 0 Å². The van der Waals surface area contributed by atoms with Crippen LogP contribution in [0.15, 0.2) is 18.2 Å². The number of halogens is 2. The second kappa shape index (κ2) is 7.74. The van der Waals surface area contributed by atoms with Gasteiger partial charge in [-0.05, 0) is 36.5 Å². The van der Waals surface area contributed by atoms with Crippen LogP contribution in [0.25, 0.3) is 0 Å². The Balaban J connectivity index is 3.09. The van der Waals surface area contributed by atoms with Crippen LogP contribution in [0.3, 0.4) is 0 Å². The molecule has 0 heterocycles. The molecule has 0 aliphatic carbocycles. The third-order valence-electron chi connectivity index (χ3n) is 3.42. The van der Waals surface area contributed by atoms with Crippen molar-refractivity contribution in [2.45, 2.75) is 52.5 Å². The van der Waals surface area contributed by atoms with E-state index in [9.17, 15) is 4.39 Å². The molecule has 0 amide bonds. The molecule has 19 heavy (non-hydrogen) atoms. The van der Waals surface area contributed by atoms with Crippen LogP contribution in [-0.2, 0) is 5.88 Å². The lowest BCUT2D eigenvalue weighted by Gasteiger charge is -2.34. The summed E-state index contributed by atoms with van der Waals surface area (Å²) in [6.07, 6.45) is 2.06. The van der Waals surface area contributed by atoms with Gasteiger partial charge in [-0.2, -0.15) is 0 Å². The van der Waals surface area contributed by atoms with Crippen molar-refractivity contribution in [3.63, 3.8) is 0 Å². The van der Waals surface area contributed by atoms with Gasteiger partial charge in [0, 0.05) is 18.5 Å². The van der Waals surface area contributed by atoms with E-state index in [0.717, 1.165) is 24.9 Å². The number of rotatable bonds is 7. The summed E-state index contributed by atoms with van der Waals surface area (Å²) < 4.78 is 14.3. The Bertz CT molecular complexity index is 388. The zero-order valence-electron chi connectivity index (χ0n) is 12.4. The van der Waals surface area contributed by atoms with Crippen LogP contribution in [0, 0.1) is 11.7 Å². The first-order valence-electron chi connectivity index (χ1n) is 7.14. The highest BCUT2D eigenvalue weighted by Gasteiger charge is 2.20. The second-order valence-electron chi connectivity index (χ2n) is 5.44. The quantitative estimate of drug-likeness (QED) is 0.621. The van der Waals surface area contributed by atoms with Crippen LogP contribution < -0.4 is 4.90 Å². The molecule has 1 aromatic rings. The van der Waals surface area contributed by atoms with Crippen molar-refractivity contribution in [2.24, 2.45) is 5.92 Å². The first-order chi connectivity index (χ1) is 9.03. The fourth-order valence-electron chi connectivity index (χ4n) is 2.43. The Morgan fingerprint density at radius 3 is 2.26 bits per heavy atom. The zero-order valence-corrected chi connectivity index (χ0v) is 13.2. The van der Waals surface area contributed by atoms with Gasteiger partial charge < -0.3 is 4.90 Å². The van der Waals surface area contributed by atoms with Crippen molar-refractivity contribution >= 4 is 17.3 Å². The van der Waals surface area contributed by atoms with Gasteiger partial charge in [0.1, 0.15) is 5.82 Å². The molecule has 0 aromatic heterocycles. The van der Waals surface area contributed by atoms with Crippen molar-refractivity contribution < 1.29 is 4.39 Å². The lowest BCUT2D eigenvalue weighted by Crippen LogP contribution is -2.38. The molecule has 0 aliphatic heterocycles. The van der Waals surface area contributed by atoms with Crippen molar-refractivity contribution in [3.05, 3.63) is 29.6 Å². The van der Waals surface area contributed by atoms with Gasteiger partial charge in [0.25, 0.3) is 0 Å². The number of benzene rings is 1. The van der Waals surface area contributed by atoms with Gasteiger partial charge in [-0.15, -0.1) is 11.6 Å². The first-order valence-corrected chi connectivity index (χ1v) is 7.67. The van der Waals surface area contributed by atoms with E-state index in [1.807, 2.05) is 12.1 Å². The maximum Gasteiger partial charge on any atom is 0.146 e. The van der Waals surface area contributed by atoms with E-state index in [1.54, 1.807) is 6.07 Å². The Kier molecular flexibility index (Phi) is 6.64. The van der Waals surface area contributed by atoms with Crippen molar-refractivity contribution in [2.75, 3.05) is 11.4 Å². The maximum atomic E-state index is 14.3. The molecule has 1 rings (SSSR count). The molecule has 0 atom stereocenters. The Morgan fingerprint density at radius 2 is 1.84 bits per heavy atom. The summed E-state index contributed by atoms with van der Waals surface area (Å²) in [7, 11) is 0. The largest absolute Gasteiger partial charge is 0.366 e. The van der Waals surface area contributed by atoms with Crippen molar-refractivity contribution in [1.29, 1.82) is 0 Å². The highest BCUT2D eigenvalue weighted by Crippen LogP contribution is 2.26. The highest BCUT2D eigenvalue weighted by molar-refractivity contribution is 6.17. The predicted molar refractivity (Wildman–Crippen MR) is 82.5 cm³/mol. The third kappa shape index (κ3) is 4.38. The van der Waals surface area contributed by atoms with Crippen LogP contribution in [0.4, 0.5) is 10.1 Å². The highest BCUT2D eigenvalue weighted by atomic mass is 35.5. The molecule has 0 aliphatic rings. The Labute approximate surface area is 121 Å². The maximum absolute atomic E-state index is 14.3. The fourth-order valence-corrected chi connectivity index (χ4v) is 2.60. The number of hydrogen-bond donors (Lipinski definition) is 0. The molecule has 1 aromatic carbocycles. The number of hydrogen-bond acceptors (Lipinski definition) is 1. The molecule has 1 nitrogen and oxygen atoms in total. The van der Waals surface area contributed by atoms with Crippen LogP contribution in [0.2, 0.25) is 0 Å². The van der Waals surface area contributed by atoms with Crippen LogP contribution in [-0.4, -0.2) is 12.6 Å². The van der Waals surface area contributed by atoms with E-state index in [0.29, 0.717) is 23.5 Å². The molecule has 0 saturated carbocycles. The lowest BCUT2D eigenvalue weighted by atomic mass is 10.1. The van der Waals surface area contributed by atoms with Crippen LogP contribution in [0.5, 0.6) is 0 Å². The minimum Gasteiger partial charge on any atom is -0.366 e. The van der Waals surface area contributed by atoms with E-state index in [2.05, 4.69) is 32.6 Å². The molecule has 0 radical (unpaired) electrons. The lowest BCUT2D eigenvalue weighted by molar-refractivity contribution is 0.496. The fraction of sp³-hybridized carbons (Fsp3) is 0.625. The standard InChI is InChI=1S/C16H25ClFN/c1-5-14(6-2)19(11-12(3)4)16-8-7-13(10-17)9-15(16)18/h7-9,12,14H,5-6,10-11H2,1-4H3. The summed E-state index contributed by atoms with van der Waals surface area (Å²) in [5, 5.41) is 0. The summed E-state index contributed by atoms with van der Waals surface area (Å²) in [5.41, 5.74) is 1.54. The van der Waals surface area contributed by atoms with Gasteiger partial charge >= 0.3 is 0 Å². The zero-order chi connectivity index (χ0) is 14.4. The minimum atomic E-state index is -0.161. The molecule has 3 heteroatoms. The predicted octanol–water partition coefficient (Wildman–Crippen LogP) is 5.22. The molecular formula is C16H25ClFN. The number of anilines is 1. The van der Waals surface area contributed by atoms with E-state index >= 15 is 0 Å². The molecule has 0 fully saturated rings. The van der Waals surface area contributed by atoms with Crippen LogP contribution >= 0.6 is 11.6 Å². The monoisotopic (exact) mass is 285 g/mol. The summed E-state index contributed by atoms with van der Waals surface area (Å²) in [4.78, 5) is 2.21. The topological polar surface area (TPSA) is 3.24 Å². The van der Waals surface area contributed by atoms with E-state index in [4.69, 9.17) is 11.6 Å². The van der Waals surface area contributed by atoms with E-state index in [-0.39, 0.29) is 5.82 Å². The van der Waals surface area contributed by atoms with E-state index < -0.39 is 0 Å². The Hall–Kier alpha value is -0.760. The number of nitrogens with zero attached hydrogens (tertiary/aromatic N) is 1. The average Bonchev–Trinajstić information content (AvgIpc) is 2.38. The van der Waals surface area contributed by atoms with Gasteiger partial charge in [-0.25, -0.2) is 4.39 Å². The van der Waals surface area contributed by atoms with Gasteiger partial charge in [-0.3, -0.25) is 0 Å². The van der Waals surface area contributed by atoms with Crippen LogP contribution in [0.1, 0.15) is 46.1 Å². The van der Waals surface area contributed by atoms with Gasteiger partial charge in [-0.1, -0.05) is 33.8 Å².